The highest BCUT2D eigenvalue weighted by Gasteiger charge is 2.16. The van der Waals surface area contributed by atoms with Crippen LogP contribution >= 0.6 is 11.6 Å². The fourth-order valence-corrected chi connectivity index (χ4v) is 2.00. The number of methoxy groups -OCH3 is 2. The van der Waals surface area contributed by atoms with E-state index in [1.807, 2.05) is 0 Å². The Bertz CT molecular complexity index is 548. The van der Waals surface area contributed by atoms with Crippen molar-refractivity contribution < 1.29 is 14.3 Å². The second kappa shape index (κ2) is 4.06. The molecule has 0 unspecified atom stereocenters. The number of carbonyl (C=O) groups excluding carboxylic acids is 1. The summed E-state index contributed by atoms with van der Waals surface area (Å²) in [5, 5.41) is 1.09. The largest absolute Gasteiger partial charge is 0.495 e. The summed E-state index contributed by atoms with van der Waals surface area (Å²) in [7, 11) is 3.03. The zero-order valence-corrected chi connectivity index (χ0v) is 9.59. The van der Waals surface area contributed by atoms with E-state index >= 15 is 0 Å². The maximum Gasteiger partial charge on any atom is 0.170 e. The van der Waals surface area contributed by atoms with E-state index in [1.165, 1.54) is 14.2 Å². The van der Waals surface area contributed by atoms with Gasteiger partial charge in [-0.05, 0) is 12.1 Å². The van der Waals surface area contributed by atoms with Crippen LogP contribution < -0.4 is 9.47 Å². The maximum atomic E-state index is 10.8. The van der Waals surface area contributed by atoms with Gasteiger partial charge in [-0.25, -0.2) is 0 Å². The van der Waals surface area contributed by atoms with Gasteiger partial charge in [-0.1, -0.05) is 11.6 Å². The molecule has 2 rings (SSSR count). The lowest BCUT2D eigenvalue weighted by molar-refractivity contribution is 0.111. The topological polar surface area (TPSA) is 51.3 Å². The van der Waals surface area contributed by atoms with E-state index < -0.39 is 0 Å². The number of rotatable bonds is 3. The fraction of sp³-hybridized carbons (Fsp3) is 0.182. The summed E-state index contributed by atoms with van der Waals surface area (Å²) in [5.74, 6) is 0.984. The van der Waals surface area contributed by atoms with Gasteiger partial charge in [0.15, 0.2) is 12.0 Å². The van der Waals surface area contributed by atoms with Gasteiger partial charge in [-0.2, -0.15) is 0 Å². The molecule has 0 spiro atoms. The lowest BCUT2D eigenvalue weighted by atomic mass is 10.2. The third-order valence-electron chi connectivity index (χ3n) is 2.39. The van der Waals surface area contributed by atoms with E-state index in [1.54, 1.807) is 12.1 Å². The first-order chi connectivity index (χ1) is 7.72. The quantitative estimate of drug-likeness (QED) is 0.838. The van der Waals surface area contributed by atoms with Crippen molar-refractivity contribution in [2.45, 2.75) is 0 Å². The molecule has 5 heteroatoms. The first kappa shape index (κ1) is 10.8. The second-order valence-electron chi connectivity index (χ2n) is 3.19. The molecule has 16 heavy (non-hydrogen) atoms. The summed E-state index contributed by atoms with van der Waals surface area (Å²) in [6.45, 7) is 0. The highest BCUT2D eigenvalue weighted by molar-refractivity contribution is 6.37. The Morgan fingerprint density at radius 1 is 1.31 bits per heavy atom. The van der Waals surface area contributed by atoms with Crippen LogP contribution in [0.3, 0.4) is 0 Å². The van der Waals surface area contributed by atoms with Crippen molar-refractivity contribution >= 4 is 28.8 Å². The van der Waals surface area contributed by atoms with Gasteiger partial charge >= 0.3 is 0 Å². The van der Waals surface area contributed by atoms with Gasteiger partial charge in [0.1, 0.15) is 11.4 Å². The van der Waals surface area contributed by atoms with Crippen molar-refractivity contribution in [1.29, 1.82) is 0 Å². The standard InChI is InChI=1S/C11H10ClNO3/c1-15-8-4-3-6-9(10(8)12)11(16-2)7(5-14)13-6/h3-5,13H,1-2H3. The average Bonchev–Trinajstić information content (AvgIpc) is 2.68. The van der Waals surface area contributed by atoms with Crippen molar-refractivity contribution in [3.05, 3.63) is 22.8 Å². The Morgan fingerprint density at radius 2 is 2.06 bits per heavy atom. The Morgan fingerprint density at radius 3 is 2.62 bits per heavy atom. The monoisotopic (exact) mass is 239 g/mol. The molecule has 0 saturated heterocycles. The molecule has 0 saturated carbocycles. The van der Waals surface area contributed by atoms with Gasteiger partial charge in [0, 0.05) is 0 Å². The van der Waals surface area contributed by atoms with Crippen LogP contribution in [0.1, 0.15) is 10.5 Å². The van der Waals surface area contributed by atoms with Crippen molar-refractivity contribution in [2.75, 3.05) is 14.2 Å². The van der Waals surface area contributed by atoms with Crippen LogP contribution in [0, 0.1) is 0 Å². The number of halogens is 1. The van der Waals surface area contributed by atoms with E-state index in [-0.39, 0.29) is 0 Å². The molecule has 0 radical (unpaired) electrons. The summed E-state index contributed by atoms with van der Waals surface area (Å²) in [6, 6.07) is 3.52. The molecule has 0 bridgehead atoms. The van der Waals surface area contributed by atoms with Gasteiger partial charge < -0.3 is 14.5 Å². The molecule has 0 fully saturated rings. The van der Waals surface area contributed by atoms with Gasteiger partial charge in [0.05, 0.1) is 30.1 Å². The summed E-state index contributed by atoms with van der Waals surface area (Å²) >= 11 is 6.16. The van der Waals surface area contributed by atoms with E-state index in [9.17, 15) is 4.79 Å². The van der Waals surface area contributed by atoms with Gasteiger partial charge in [0.25, 0.3) is 0 Å². The lowest BCUT2D eigenvalue weighted by Gasteiger charge is -2.04. The van der Waals surface area contributed by atoms with E-state index in [0.717, 1.165) is 5.52 Å². The number of fused-ring (bicyclic) bond motifs is 1. The molecule has 1 heterocycles. The number of benzene rings is 1. The van der Waals surface area contributed by atoms with Crippen molar-refractivity contribution in [1.82, 2.24) is 4.98 Å². The number of H-pyrrole nitrogens is 1. The molecule has 0 aliphatic rings. The van der Waals surface area contributed by atoms with Crippen LogP contribution in [-0.4, -0.2) is 25.5 Å². The summed E-state index contributed by atoms with van der Waals surface area (Å²) in [6.07, 6.45) is 0.696. The minimum Gasteiger partial charge on any atom is -0.495 e. The second-order valence-corrected chi connectivity index (χ2v) is 3.57. The Hall–Kier alpha value is -1.68. The average molecular weight is 240 g/mol. The Balaban J connectivity index is 2.84. The summed E-state index contributed by atoms with van der Waals surface area (Å²) < 4.78 is 10.3. The Labute approximate surface area is 97.1 Å². The lowest BCUT2D eigenvalue weighted by Crippen LogP contribution is -1.88. The van der Waals surface area contributed by atoms with Crippen molar-refractivity contribution in [3.63, 3.8) is 0 Å². The first-order valence-electron chi connectivity index (χ1n) is 4.60. The molecule has 84 valence electrons. The number of aldehydes is 1. The normalized spacial score (nSPS) is 10.4. The van der Waals surface area contributed by atoms with Crippen LogP contribution in [0.25, 0.3) is 10.9 Å². The highest BCUT2D eigenvalue weighted by atomic mass is 35.5. The molecule has 0 amide bonds. The van der Waals surface area contributed by atoms with Crippen LogP contribution in [0.2, 0.25) is 5.02 Å². The van der Waals surface area contributed by atoms with E-state index in [4.69, 9.17) is 21.1 Å². The molecular formula is C11H10ClNO3. The third kappa shape index (κ3) is 1.42. The zero-order valence-electron chi connectivity index (χ0n) is 8.83. The minimum absolute atomic E-state index is 0.368. The maximum absolute atomic E-state index is 10.8. The van der Waals surface area contributed by atoms with Crippen molar-refractivity contribution in [3.8, 4) is 11.5 Å². The zero-order chi connectivity index (χ0) is 11.7. The predicted molar refractivity (Wildman–Crippen MR) is 61.8 cm³/mol. The van der Waals surface area contributed by atoms with Crippen LogP contribution in [0.4, 0.5) is 0 Å². The number of aromatic amines is 1. The molecular weight excluding hydrogens is 230 g/mol. The summed E-state index contributed by atoms with van der Waals surface area (Å²) in [5.41, 5.74) is 1.11. The van der Waals surface area contributed by atoms with Crippen LogP contribution in [0.15, 0.2) is 12.1 Å². The number of aromatic nitrogens is 1. The van der Waals surface area contributed by atoms with Gasteiger partial charge in [0.2, 0.25) is 0 Å². The van der Waals surface area contributed by atoms with Crippen molar-refractivity contribution in [2.24, 2.45) is 0 Å². The van der Waals surface area contributed by atoms with E-state index in [2.05, 4.69) is 4.98 Å². The number of carbonyl (C=O) groups is 1. The number of nitrogens with one attached hydrogen (secondary N) is 1. The minimum atomic E-state index is 0.368. The molecule has 2 aromatic rings. The summed E-state index contributed by atoms with van der Waals surface area (Å²) in [4.78, 5) is 13.8. The smallest absolute Gasteiger partial charge is 0.170 e. The van der Waals surface area contributed by atoms with Crippen LogP contribution in [0.5, 0.6) is 11.5 Å². The SMILES string of the molecule is COc1ccc2[nH]c(C=O)c(OC)c2c1Cl. The molecule has 0 aliphatic carbocycles. The number of hydrogen-bond donors (Lipinski definition) is 1. The number of ether oxygens (including phenoxy) is 2. The van der Waals surface area contributed by atoms with E-state index in [0.29, 0.717) is 33.9 Å². The molecule has 1 N–H and O–H groups in total. The molecule has 4 nitrogen and oxygen atoms in total. The predicted octanol–water partition coefficient (Wildman–Crippen LogP) is 2.65. The molecule has 1 aromatic heterocycles. The molecule has 0 atom stereocenters. The van der Waals surface area contributed by atoms with Gasteiger partial charge in [-0.15, -0.1) is 0 Å². The fourth-order valence-electron chi connectivity index (χ4n) is 1.67. The molecule has 0 aliphatic heterocycles. The van der Waals surface area contributed by atoms with Crippen LogP contribution in [-0.2, 0) is 0 Å². The molecule has 1 aromatic carbocycles. The number of hydrogen-bond acceptors (Lipinski definition) is 3. The highest BCUT2D eigenvalue weighted by Crippen LogP contribution is 2.39. The Kier molecular flexibility index (Phi) is 2.75. The van der Waals surface area contributed by atoms with Gasteiger partial charge in [-0.3, -0.25) is 4.79 Å². The third-order valence-corrected chi connectivity index (χ3v) is 2.76. The first-order valence-corrected chi connectivity index (χ1v) is 4.98.